The summed E-state index contributed by atoms with van der Waals surface area (Å²) in [5, 5.41) is 12.4. The van der Waals surface area contributed by atoms with Crippen LogP contribution in [0.4, 0.5) is 5.69 Å². The quantitative estimate of drug-likeness (QED) is 0.463. The van der Waals surface area contributed by atoms with Crippen molar-refractivity contribution in [3.8, 4) is 0 Å². The fourth-order valence-corrected chi connectivity index (χ4v) is 4.15. The van der Waals surface area contributed by atoms with Crippen molar-refractivity contribution in [3.63, 3.8) is 0 Å². The number of hydrogen-bond acceptors (Lipinski definition) is 7. The molecule has 1 aliphatic heterocycles. The maximum Gasteiger partial charge on any atom is 0.338 e. The monoisotopic (exact) mass is 434 g/mol. The van der Waals surface area contributed by atoms with E-state index in [9.17, 15) is 19.5 Å². The average Bonchev–Trinajstić information content (AvgIpc) is 3.42. The molecule has 7 nitrogen and oxygen atoms in total. The Labute approximate surface area is 182 Å². The number of anilines is 1. The van der Waals surface area contributed by atoms with Crippen LogP contribution < -0.4 is 4.90 Å². The summed E-state index contributed by atoms with van der Waals surface area (Å²) in [4.78, 5) is 44.0. The lowest BCUT2D eigenvalue weighted by Crippen LogP contribution is -2.31. The molecule has 1 atom stereocenters. The van der Waals surface area contributed by atoms with Crippen LogP contribution in [-0.2, 0) is 9.53 Å². The van der Waals surface area contributed by atoms with Crippen molar-refractivity contribution in [2.24, 2.45) is 0 Å². The predicted octanol–water partition coefficient (Wildman–Crippen LogP) is 4.10. The molecule has 1 aromatic carbocycles. The Kier molecular flexibility index (Phi) is 5.64. The molecule has 2 aromatic heterocycles. The number of ether oxygens (including phenoxy) is 1. The molecule has 31 heavy (non-hydrogen) atoms. The van der Waals surface area contributed by atoms with Gasteiger partial charge in [-0.3, -0.25) is 19.5 Å². The maximum atomic E-state index is 13.2. The highest BCUT2D eigenvalue weighted by atomic mass is 32.1. The van der Waals surface area contributed by atoms with Crippen molar-refractivity contribution >= 4 is 34.7 Å². The number of carbonyl (C=O) groups excluding carboxylic acids is 3. The number of ketones is 1. The molecule has 0 radical (unpaired) electrons. The number of benzene rings is 1. The van der Waals surface area contributed by atoms with E-state index in [2.05, 4.69) is 4.98 Å². The number of aromatic nitrogens is 1. The van der Waals surface area contributed by atoms with Gasteiger partial charge >= 0.3 is 5.97 Å². The standard InChI is InChI=1S/C23H18N2O5S/c1-2-30-23(29)14-7-9-16(10-8-14)25-19(15-5-3-11-24-13-15)18(21(27)22(25)28)20(26)17-6-4-12-31-17/h3-13,19,27H,2H2,1H3/t19-/m1/s1. The van der Waals surface area contributed by atoms with Crippen molar-refractivity contribution in [1.82, 2.24) is 4.98 Å². The zero-order valence-electron chi connectivity index (χ0n) is 16.5. The zero-order valence-corrected chi connectivity index (χ0v) is 17.3. The molecule has 0 bridgehead atoms. The van der Waals surface area contributed by atoms with Crippen LogP contribution >= 0.6 is 11.3 Å². The Bertz CT molecular complexity index is 1150. The molecule has 0 saturated carbocycles. The van der Waals surface area contributed by atoms with Crippen LogP contribution in [0.15, 0.2) is 77.6 Å². The number of rotatable bonds is 6. The van der Waals surface area contributed by atoms with Gasteiger partial charge in [-0.2, -0.15) is 0 Å². The van der Waals surface area contributed by atoms with Gasteiger partial charge in [0.15, 0.2) is 5.76 Å². The summed E-state index contributed by atoms with van der Waals surface area (Å²) in [7, 11) is 0. The maximum absolute atomic E-state index is 13.2. The molecule has 0 aliphatic carbocycles. The molecule has 3 heterocycles. The molecule has 3 aromatic rings. The third-order valence-electron chi connectivity index (χ3n) is 4.85. The number of esters is 1. The van der Waals surface area contributed by atoms with Crippen molar-refractivity contribution in [3.05, 3.63) is 93.6 Å². The molecule has 1 amide bonds. The van der Waals surface area contributed by atoms with Crippen LogP contribution in [0, 0.1) is 0 Å². The van der Waals surface area contributed by atoms with Crippen LogP contribution in [0.2, 0.25) is 0 Å². The number of aliphatic hydroxyl groups excluding tert-OH is 1. The lowest BCUT2D eigenvalue weighted by Gasteiger charge is -2.26. The van der Waals surface area contributed by atoms with Crippen LogP contribution in [0.1, 0.15) is 38.6 Å². The molecule has 0 unspecified atom stereocenters. The lowest BCUT2D eigenvalue weighted by atomic mass is 9.96. The Morgan fingerprint density at radius 1 is 1.16 bits per heavy atom. The van der Waals surface area contributed by atoms with Crippen LogP contribution in [0.5, 0.6) is 0 Å². The highest BCUT2D eigenvalue weighted by molar-refractivity contribution is 7.12. The Hall–Kier alpha value is -3.78. The fourth-order valence-electron chi connectivity index (χ4n) is 3.47. The molecule has 156 valence electrons. The summed E-state index contributed by atoms with van der Waals surface area (Å²) in [6, 6.07) is 12.2. The van der Waals surface area contributed by atoms with E-state index in [1.54, 1.807) is 61.1 Å². The van der Waals surface area contributed by atoms with E-state index in [1.165, 1.54) is 28.4 Å². The summed E-state index contributed by atoms with van der Waals surface area (Å²) in [5.41, 5.74) is 1.33. The molecule has 0 spiro atoms. The van der Waals surface area contributed by atoms with Crippen molar-refractivity contribution in [2.45, 2.75) is 13.0 Å². The number of aliphatic hydroxyl groups is 1. The minimum absolute atomic E-state index is 0.00470. The number of amides is 1. The van der Waals surface area contributed by atoms with Crippen LogP contribution in [0.3, 0.4) is 0 Å². The number of pyridine rings is 1. The third kappa shape index (κ3) is 3.73. The largest absolute Gasteiger partial charge is 0.503 e. The molecular formula is C23H18N2O5S. The Balaban J connectivity index is 1.78. The number of Topliss-reactive ketones (excluding diaryl/α,β-unsaturated/α-hetero) is 1. The van der Waals surface area contributed by atoms with Gasteiger partial charge in [0.2, 0.25) is 5.78 Å². The van der Waals surface area contributed by atoms with Gasteiger partial charge in [-0.05, 0) is 54.3 Å². The van der Waals surface area contributed by atoms with E-state index in [4.69, 9.17) is 4.74 Å². The second kappa shape index (κ2) is 8.53. The first-order chi connectivity index (χ1) is 15.0. The molecule has 4 rings (SSSR count). The second-order valence-corrected chi connectivity index (χ2v) is 7.65. The van der Waals surface area contributed by atoms with Gasteiger partial charge in [0.1, 0.15) is 0 Å². The van der Waals surface area contributed by atoms with Crippen molar-refractivity contribution in [1.29, 1.82) is 0 Å². The summed E-state index contributed by atoms with van der Waals surface area (Å²) in [6.07, 6.45) is 3.14. The first kappa shape index (κ1) is 20.5. The summed E-state index contributed by atoms with van der Waals surface area (Å²) in [6.45, 7) is 1.97. The highest BCUT2D eigenvalue weighted by Gasteiger charge is 2.45. The topological polar surface area (TPSA) is 96.8 Å². The Morgan fingerprint density at radius 2 is 1.94 bits per heavy atom. The highest BCUT2D eigenvalue weighted by Crippen LogP contribution is 2.42. The Morgan fingerprint density at radius 3 is 2.55 bits per heavy atom. The zero-order chi connectivity index (χ0) is 22.0. The van der Waals surface area contributed by atoms with Gasteiger partial charge in [-0.15, -0.1) is 11.3 Å². The van der Waals surface area contributed by atoms with E-state index in [-0.39, 0.29) is 12.2 Å². The molecule has 1 N–H and O–H groups in total. The van der Waals surface area contributed by atoms with Crippen LogP contribution in [0.25, 0.3) is 0 Å². The summed E-state index contributed by atoms with van der Waals surface area (Å²) >= 11 is 1.23. The van der Waals surface area contributed by atoms with Gasteiger partial charge in [0.25, 0.3) is 5.91 Å². The number of carbonyl (C=O) groups is 3. The predicted molar refractivity (Wildman–Crippen MR) is 115 cm³/mol. The minimum Gasteiger partial charge on any atom is -0.503 e. The molecular weight excluding hydrogens is 416 g/mol. The number of nitrogens with zero attached hydrogens (tertiary/aromatic N) is 2. The van der Waals surface area contributed by atoms with Gasteiger partial charge in [0.05, 0.1) is 28.7 Å². The number of hydrogen-bond donors (Lipinski definition) is 1. The number of thiophene rings is 1. The first-order valence-electron chi connectivity index (χ1n) is 9.55. The summed E-state index contributed by atoms with van der Waals surface area (Å²) in [5.74, 6) is -2.18. The minimum atomic E-state index is -0.857. The van der Waals surface area contributed by atoms with E-state index in [0.29, 0.717) is 21.7 Å². The summed E-state index contributed by atoms with van der Waals surface area (Å²) < 4.78 is 4.99. The van der Waals surface area contributed by atoms with Gasteiger partial charge < -0.3 is 9.84 Å². The molecule has 0 fully saturated rings. The third-order valence-corrected chi connectivity index (χ3v) is 5.72. The van der Waals surface area contributed by atoms with Gasteiger partial charge in [-0.25, -0.2) is 4.79 Å². The second-order valence-electron chi connectivity index (χ2n) is 6.70. The SMILES string of the molecule is CCOC(=O)c1ccc(N2C(=O)C(O)=C(C(=O)c3cccs3)[C@H]2c2cccnc2)cc1. The first-order valence-corrected chi connectivity index (χ1v) is 10.4. The van der Waals surface area contributed by atoms with Gasteiger partial charge in [0, 0.05) is 18.1 Å². The van der Waals surface area contributed by atoms with E-state index in [1.807, 2.05) is 0 Å². The van der Waals surface area contributed by atoms with Crippen molar-refractivity contribution in [2.75, 3.05) is 11.5 Å². The van der Waals surface area contributed by atoms with Gasteiger partial charge in [-0.1, -0.05) is 12.1 Å². The van der Waals surface area contributed by atoms with Crippen LogP contribution in [-0.4, -0.2) is 34.4 Å². The average molecular weight is 434 g/mol. The molecule has 0 saturated heterocycles. The fraction of sp³-hybridized carbons (Fsp3) is 0.130. The smallest absolute Gasteiger partial charge is 0.338 e. The van der Waals surface area contributed by atoms with Crippen molar-refractivity contribution < 1.29 is 24.2 Å². The molecule has 1 aliphatic rings. The molecule has 8 heteroatoms. The van der Waals surface area contributed by atoms with E-state index >= 15 is 0 Å². The normalized spacial score (nSPS) is 16.0. The lowest BCUT2D eigenvalue weighted by molar-refractivity contribution is -0.117. The van der Waals surface area contributed by atoms with E-state index < -0.39 is 29.5 Å². The van der Waals surface area contributed by atoms with E-state index in [0.717, 1.165) is 0 Å².